The highest BCUT2D eigenvalue weighted by molar-refractivity contribution is 5.83. The lowest BCUT2D eigenvalue weighted by Gasteiger charge is -2.25. The lowest BCUT2D eigenvalue weighted by Crippen LogP contribution is -2.42. The molecular weight excluding hydrogens is 294 g/mol. The number of carbonyl (C=O) groups excluding carboxylic acids is 1. The van der Waals surface area contributed by atoms with Crippen LogP contribution in [-0.2, 0) is 9.53 Å². The quantitative estimate of drug-likeness (QED) is 0.449. The Kier molecular flexibility index (Phi) is 7.56. The van der Waals surface area contributed by atoms with Crippen LogP contribution in [0.1, 0.15) is 25.3 Å². The van der Waals surface area contributed by atoms with Crippen molar-refractivity contribution in [2.24, 2.45) is 5.10 Å². The van der Waals surface area contributed by atoms with Gasteiger partial charge in [0.15, 0.2) is 0 Å². The first-order valence-electron chi connectivity index (χ1n) is 8.13. The van der Waals surface area contributed by atoms with Gasteiger partial charge in [0.2, 0.25) is 0 Å². The maximum atomic E-state index is 11.8. The molecule has 1 aromatic carbocycles. The van der Waals surface area contributed by atoms with E-state index in [0.717, 1.165) is 43.9 Å². The SMILES string of the molecule is CCCCOc1ccc(/C=N/NC(=O)CN2CCOCC2)cc1. The van der Waals surface area contributed by atoms with E-state index in [9.17, 15) is 4.79 Å². The molecule has 1 N–H and O–H groups in total. The largest absolute Gasteiger partial charge is 0.494 e. The van der Waals surface area contributed by atoms with Crippen LogP contribution in [0.3, 0.4) is 0 Å². The average Bonchev–Trinajstić information content (AvgIpc) is 2.57. The van der Waals surface area contributed by atoms with E-state index in [0.29, 0.717) is 19.8 Å². The summed E-state index contributed by atoms with van der Waals surface area (Å²) in [5, 5.41) is 3.99. The van der Waals surface area contributed by atoms with Gasteiger partial charge in [0.05, 0.1) is 32.6 Å². The number of morpholine rings is 1. The van der Waals surface area contributed by atoms with Crippen molar-refractivity contribution < 1.29 is 14.3 Å². The molecule has 1 aliphatic rings. The zero-order valence-electron chi connectivity index (χ0n) is 13.7. The number of unbranched alkanes of at least 4 members (excludes halogenated alkanes) is 1. The number of hydrazone groups is 1. The fourth-order valence-corrected chi connectivity index (χ4v) is 2.16. The topological polar surface area (TPSA) is 63.2 Å². The third-order valence-corrected chi connectivity index (χ3v) is 3.52. The van der Waals surface area contributed by atoms with E-state index in [-0.39, 0.29) is 5.91 Å². The molecule has 1 fully saturated rings. The summed E-state index contributed by atoms with van der Waals surface area (Å²) in [5.41, 5.74) is 3.47. The lowest BCUT2D eigenvalue weighted by molar-refractivity contribution is -0.123. The van der Waals surface area contributed by atoms with E-state index in [1.165, 1.54) is 0 Å². The fraction of sp³-hybridized carbons (Fsp3) is 0.529. The summed E-state index contributed by atoms with van der Waals surface area (Å²) in [6, 6.07) is 7.65. The highest BCUT2D eigenvalue weighted by Gasteiger charge is 2.13. The first-order valence-corrected chi connectivity index (χ1v) is 8.13. The summed E-state index contributed by atoms with van der Waals surface area (Å²) in [7, 11) is 0. The molecule has 1 saturated heterocycles. The number of benzene rings is 1. The molecule has 0 bridgehead atoms. The summed E-state index contributed by atoms with van der Waals surface area (Å²) in [5.74, 6) is 0.745. The van der Waals surface area contributed by atoms with Gasteiger partial charge >= 0.3 is 0 Å². The van der Waals surface area contributed by atoms with Crippen LogP contribution < -0.4 is 10.2 Å². The first-order chi connectivity index (χ1) is 11.3. The molecule has 1 aliphatic heterocycles. The zero-order valence-corrected chi connectivity index (χ0v) is 13.7. The van der Waals surface area contributed by atoms with Crippen LogP contribution in [0.5, 0.6) is 5.75 Å². The molecule has 23 heavy (non-hydrogen) atoms. The lowest BCUT2D eigenvalue weighted by atomic mass is 10.2. The minimum atomic E-state index is -0.109. The molecule has 0 saturated carbocycles. The second-order valence-corrected chi connectivity index (χ2v) is 5.45. The van der Waals surface area contributed by atoms with E-state index in [4.69, 9.17) is 9.47 Å². The molecule has 6 nitrogen and oxygen atoms in total. The smallest absolute Gasteiger partial charge is 0.254 e. The van der Waals surface area contributed by atoms with Gasteiger partial charge in [-0.05, 0) is 36.2 Å². The molecule has 1 aromatic rings. The van der Waals surface area contributed by atoms with Gasteiger partial charge in [0.1, 0.15) is 5.75 Å². The monoisotopic (exact) mass is 319 g/mol. The van der Waals surface area contributed by atoms with Gasteiger partial charge in [-0.25, -0.2) is 5.43 Å². The molecule has 6 heteroatoms. The number of rotatable bonds is 8. The minimum absolute atomic E-state index is 0.109. The van der Waals surface area contributed by atoms with Crippen LogP contribution in [0.2, 0.25) is 0 Å². The third kappa shape index (κ3) is 6.80. The third-order valence-electron chi connectivity index (χ3n) is 3.52. The molecule has 0 radical (unpaired) electrons. The summed E-state index contributed by atoms with van der Waals surface area (Å²) in [6.45, 7) is 6.17. The van der Waals surface area contributed by atoms with Crippen molar-refractivity contribution in [2.75, 3.05) is 39.5 Å². The summed E-state index contributed by atoms with van der Waals surface area (Å²) < 4.78 is 10.8. The number of carbonyl (C=O) groups is 1. The van der Waals surface area contributed by atoms with E-state index in [1.807, 2.05) is 24.3 Å². The van der Waals surface area contributed by atoms with Gasteiger partial charge in [-0.3, -0.25) is 9.69 Å². The molecule has 126 valence electrons. The first kappa shape index (κ1) is 17.4. The number of hydrogen-bond donors (Lipinski definition) is 1. The molecule has 2 rings (SSSR count). The van der Waals surface area contributed by atoms with Crippen molar-refractivity contribution in [2.45, 2.75) is 19.8 Å². The van der Waals surface area contributed by atoms with Crippen LogP contribution in [0.25, 0.3) is 0 Å². The predicted octanol–water partition coefficient (Wildman–Crippen LogP) is 1.65. The van der Waals surface area contributed by atoms with Crippen LogP contribution in [-0.4, -0.2) is 56.5 Å². The van der Waals surface area contributed by atoms with Crippen molar-refractivity contribution in [1.29, 1.82) is 0 Å². The zero-order chi connectivity index (χ0) is 16.3. The normalized spacial score (nSPS) is 15.7. The second-order valence-electron chi connectivity index (χ2n) is 5.45. The van der Waals surface area contributed by atoms with Gasteiger partial charge in [-0.2, -0.15) is 5.10 Å². The van der Waals surface area contributed by atoms with E-state index >= 15 is 0 Å². The Balaban J connectivity index is 1.70. The van der Waals surface area contributed by atoms with Crippen LogP contribution in [0.15, 0.2) is 29.4 Å². The Morgan fingerprint density at radius 1 is 1.35 bits per heavy atom. The molecule has 1 heterocycles. The second kappa shape index (κ2) is 9.97. The van der Waals surface area contributed by atoms with Crippen LogP contribution >= 0.6 is 0 Å². The molecular formula is C17H25N3O3. The summed E-state index contributed by atoms with van der Waals surface area (Å²) in [6.07, 6.45) is 3.81. The van der Waals surface area contributed by atoms with Crippen LogP contribution in [0, 0.1) is 0 Å². The Morgan fingerprint density at radius 2 is 2.09 bits per heavy atom. The van der Waals surface area contributed by atoms with E-state index in [2.05, 4.69) is 22.4 Å². The summed E-state index contributed by atoms with van der Waals surface area (Å²) in [4.78, 5) is 13.8. The van der Waals surface area contributed by atoms with Gasteiger partial charge in [0.25, 0.3) is 5.91 Å². The highest BCUT2D eigenvalue weighted by Crippen LogP contribution is 2.11. The number of hydrogen-bond acceptors (Lipinski definition) is 5. The minimum Gasteiger partial charge on any atom is -0.494 e. The van der Waals surface area contributed by atoms with Gasteiger partial charge in [-0.15, -0.1) is 0 Å². The molecule has 0 spiro atoms. The number of nitrogens with one attached hydrogen (secondary N) is 1. The molecule has 0 aromatic heterocycles. The predicted molar refractivity (Wildman–Crippen MR) is 89.8 cm³/mol. The number of amides is 1. The Morgan fingerprint density at radius 3 is 2.78 bits per heavy atom. The maximum Gasteiger partial charge on any atom is 0.254 e. The molecule has 0 atom stereocenters. The molecule has 0 aliphatic carbocycles. The van der Waals surface area contributed by atoms with E-state index < -0.39 is 0 Å². The van der Waals surface area contributed by atoms with Crippen molar-refractivity contribution >= 4 is 12.1 Å². The average molecular weight is 319 g/mol. The number of nitrogens with zero attached hydrogens (tertiary/aromatic N) is 2. The Bertz CT molecular complexity index is 496. The van der Waals surface area contributed by atoms with Crippen molar-refractivity contribution in [3.63, 3.8) is 0 Å². The number of ether oxygens (including phenoxy) is 2. The Labute approximate surface area is 137 Å². The van der Waals surface area contributed by atoms with Gasteiger partial charge in [-0.1, -0.05) is 13.3 Å². The maximum absolute atomic E-state index is 11.8. The van der Waals surface area contributed by atoms with Gasteiger partial charge in [0, 0.05) is 13.1 Å². The van der Waals surface area contributed by atoms with Crippen molar-refractivity contribution in [3.05, 3.63) is 29.8 Å². The fourth-order valence-electron chi connectivity index (χ4n) is 2.16. The van der Waals surface area contributed by atoms with Crippen molar-refractivity contribution in [3.8, 4) is 5.75 Å². The highest BCUT2D eigenvalue weighted by atomic mass is 16.5. The Hall–Kier alpha value is -1.92. The molecule has 0 unspecified atom stereocenters. The summed E-state index contributed by atoms with van der Waals surface area (Å²) >= 11 is 0. The van der Waals surface area contributed by atoms with Crippen LogP contribution in [0.4, 0.5) is 0 Å². The molecule has 1 amide bonds. The van der Waals surface area contributed by atoms with Gasteiger partial charge < -0.3 is 9.47 Å². The van der Waals surface area contributed by atoms with E-state index in [1.54, 1.807) is 6.21 Å². The standard InChI is InChI=1S/C17H25N3O3/c1-2-3-10-23-16-6-4-15(5-7-16)13-18-19-17(21)14-20-8-11-22-12-9-20/h4-7,13H,2-3,8-12,14H2,1H3,(H,19,21)/b18-13+. The van der Waals surface area contributed by atoms with Crippen molar-refractivity contribution in [1.82, 2.24) is 10.3 Å².